The summed E-state index contributed by atoms with van der Waals surface area (Å²) >= 11 is 1.91. The number of hydrogen-bond acceptors (Lipinski definition) is 2. The van der Waals surface area contributed by atoms with Crippen LogP contribution in [0, 0.1) is 0 Å². The quantitative estimate of drug-likeness (QED) is 0.623. The number of thioether (sulfide) groups is 1. The minimum atomic E-state index is 0.454. The number of nitrogens with one attached hydrogen (secondary N) is 1. The van der Waals surface area contributed by atoms with Crippen LogP contribution in [0.1, 0.15) is 19.3 Å². The second-order valence-electron chi connectivity index (χ2n) is 2.65. The van der Waals surface area contributed by atoms with Crippen molar-refractivity contribution < 1.29 is 4.79 Å². The Labute approximate surface area is 65.8 Å². The van der Waals surface area contributed by atoms with Crippen molar-refractivity contribution in [3.8, 4) is 0 Å². The Bertz CT molecular complexity index is 118. The molecular weight excluding hydrogens is 146 g/mol. The van der Waals surface area contributed by atoms with Crippen molar-refractivity contribution >= 4 is 18.2 Å². The molecule has 0 aromatic carbocycles. The first-order valence-electron chi connectivity index (χ1n) is 3.59. The number of carbonyl (C=O) groups excluding carboxylic acids is 1. The molecule has 1 fully saturated rings. The molecule has 2 nitrogen and oxygen atoms in total. The van der Waals surface area contributed by atoms with E-state index in [1.54, 1.807) is 0 Å². The highest BCUT2D eigenvalue weighted by atomic mass is 32.2. The van der Waals surface area contributed by atoms with E-state index in [2.05, 4.69) is 11.6 Å². The zero-order valence-electron chi connectivity index (χ0n) is 6.17. The highest BCUT2D eigenvalue weighted by molar-refractivity contribution is 7.99. The molecule has 1 rings (SSSR count). The number of amides is 1. The smallest absolute Gasteiger partial charge is 0.207 e. The maximum atomic E-state index is 10.0. The zero-order chi connectivity index (χ0) is 7.40. The molecule has 0 heterocycles. The van der Waals surface area contributed by atoms with Gasteiger partial charge in [0.05, 0.1) is 0 Å². The van der Waals surface area contributed by atoms with Crippen LogP contribution < -0.4 is 5.32 Å². The van der Waals surface area contributed by atoms with Crippen molar-refractivity contribution in [2.24, 2.45) is 0 Å². The molecule has 2 atom stereocenters. The lowest BCUT2D eigenvalue weighted by atomic mass is 10.3. The summed E-state index contributed by atoms with van der Waals surface area (Å²) < 4.78 is 0. The van der Waals surface area contributed by atoms with Crippen LogP contribution in [0.15, 0.2) is 0 Å². The van der Waals surface area contributed by atoms with Gasteiger partial charge < -0.3 is 5.32 Å². The SMILES string of the molecule is CSC1CCC(NC=O)C1. The number of hydrogen-bond donors (Lipinski definition) is 1. The van der Waals surface area contributed by atoms with Gasteiger partial charge in [-0.2, -0.15) is 11.8 Å². The summed E-state index contributed by atoms with van der Waals surface area (Å²) in [5.74, 6) is 0. The molecule has 10 heavy (non-hydrogen) atoms. The molecule has 1 amide bonds. The van der Waals surface area contributed by atoms with Gasteiger partial charge in [-0.05, 0) is 25.5 Å². The highest BCUT2D eigenvalue weighted by Gasteiger charge is 2.22. The van der Waals surface area contributed by atoms with E-state index in [-0.39, 0.29) is 0 Å². The summed E-state index contributed by atoms with van der Waals surface area (Å²) in [6, 6.07) is 0.454. The summed E-state index contributed by atoms with van der Waals surface area (Å²) in [6.07, 6.45) is 6.51. The van der Waals surface area contributed by atoms with Crippen molar-refractivity contribution in [1.29, 1.82) is 0 Å². The Kier molecular flexibility index (Phi) is 3.06. The molecule has 1 N–H and O–H groups in total. The topological polar surface area (TPSA) is 29.1 Å². The maximum Gasteiger partial charge on any atom is 0.207 e. The van der Waals surface area contributed by atoms with E-state index < -0.39 is 0 Å². The standard InChI is InChI=1S/C7H13NOS/c1-10-7-3-2-6(4-7)8-5-9/h5-7H,2-4H2,1H3,(H,8,9). The third kappa shape index (κ3) is 1.90. The Balaban J connectivity index is 2.21. The molecule has 0 radical (unpaired) electrons. The lowest BCUT2D eigenvalue weighted by molar-refractivity contribution is -0.110. The fourth-order valence-electron chi connectivity index (χ4n) is 1.40. The van der Waals surface area contributed by atoms with Crippen molar-refractivity contribution in [1.82, 2.24) is 5.32 Å². The first kappa shape index (κ1) is 7.92. The van der Waals surface area contributed by atoms with E-state index in [4.69, 9.17) is 0 Å². The molecule has 0 saturated heterocycles. The average molecular weight is 159 g/mol. The summed E-state index contributed by atoms with van der Waals surface area (Å²) in [5.41, 5.74) is 0. The predicted octanol–water partition coefficient (Wildman–Crippen LogP) is 1.02. The Morgan fingerprint density at radius 1 is 1.60 bits per heavy atom. The largest absolute Gasteiger partial charge is 0.356 e. The van der Waals surface area contributed by atoms with Crippen LogP contribution in [0.4, 0.5) is 0 Å². The van der Waals surface area contributed by atoms with E-state index in [1.165, 1.54) is 6.42 Å². The molecular formula is C7H13NOS. The van der Waals surface area contributed by atoms with Gasteiger partial charge in [0.25, 0.3) is 0 Å². The highest BCUT2D eigenvalue weighted by Crippen LogP contribution is 2.27. The molecule has 1 saturated carbocycles. The van der Waals surface area contributed by atoms with Gasteiger partial charge in [-0.15, -0.1) is 0 Å². The second kappa shape index (κ2) is 3.86. The van der Waals surface area contributed by atoms with E-state index in [9.17, 15) is 4.79 Å². The van der Waals surface area contributed by atoms with E-state index >= 15 is 0 Å². The fraction of sp³-hybridized carbons (Fsp3) is 0.857. The molecule has 2 unspecified atom stereocenters. The molecule has 0 aromatic heterocycles. The third-order valence-electron chi connectivity index (χ3n) is 2.02. The van der Waals surface area contributed by atoms with Gasteiger partial charge in [0, 0.05) is 11.3 Å². The molecule has 1 aliphatic rings. The Hall–Kier alpha value is -0.180. The van der Waals surface area contributed by atoms with Crippen LogP contribution in [0.25, 0.3) is 0 Å². The Morgan fingerprint density at radius 2 is 2.40 bits per heavy atom. The summed E-state index contributed by atoms with van der Waals surface area (Å²) in [5, 5.41) is 3.59. The first-order valence-corrected chi connectivity index (χ1v) is 4.88. The third-order valence-corrected chi connectivity index (χ3v) is 3.12. The number of carbonyl (C=O) groups is 1. The molecule has 0 spiro atoms. The number of rotatable bonds is 3. The van der Waals surface area contributed by atoms with Crippen molar-refractivity contribution in [2.75, 3.05) is 6.26 Å². The van der Waals surface area contributed by atoms with Gasteiger partial charge in [-0.3, -0.25) is 4.79 Å². The molecule has 0 aromatic rings. The van der Waals surface area contributed by atoms with Gasteiger partial charge >= 0.3 is 0 Å². The first-order chi connectivity index (χ1) is 4.86. The predicted molar refractivity (Wildman–Crippen MR) is 44.1 cm³/mol. The van der Waals surface area contributed by atoms with Gasteiger partial charge in [-0.1, -0.05) is 0 Å². The minimum Gasteiger partial charge on any atom is -0.356 e. The zero-order valence-corrected chi connectivity index (χ0v) is 6.99. The molecule has 3 heteroatoms. The van der Waals surface area contributed by atoms with Crippen LogP contribution in [-0.2, 0) is 4.79 Å². The minimum absolute atomic E-state index is 0.454. The van der Waals surface area contributed by atoms with Gasteiger partial charge in [0.1, 0.15) is 0 Å². The van der Waals surface area contributed by atoms with Crippen molar-refractivity contribution in [3.05, 3.63) is 0 Å². The van der Waals surface area contributed by atoms with Crippen LogP contribution in [0.2, 0.25) is 0 Å². The van der Waals surface area contributed by atoms with E-state index in [1.807, 2.05) is 11.8 Å². The van der Waals surface area contributed by atoms with Crippen LogP contribution in [0.5, 0.6) is 0 Å². The van der Waals surface area contributed by atoms with E-state index in [0.717, 1.165) is 24.5 Å². The van der Waals surface area contributed by atoms with Gasteiger partial charge in [0.15, 0.2) is 0 Å². The van der Waals surface area contributed by atoms with Crippen molar-refractivity contribution in [2.45, 2.75) is 30.6 Å². The second-order valence-corrected chi connectivity index (χ2v) is 3.79. The monoisotopic (exact) mass is 159 g/mol. The summed E-state index contributed by atoms with van der Waals surface area (Å²) in [6.45, 7) is 0. The lowest BCUT2D eigenvalue weighted by Gasteiger charge is -2.06. The van der Waals surface area contributed by atoms with Crippen molar-refractivity contribution in [3.63, 3.8) is 0 Å². The Morgan fingerprint density at radius 3 is 2.90 bits per heavy atom. The lowest BCUT2D eigenvalue weighted by Crippen LogP contribution is -2.24. The summed E-state index contributed by atoms with van der Waals surface area (Å²) in [4.78, 5) is 10.0. The molecule has 0 bridgehead atoms. The van der Waals surface area contributed by atoms with Crippen LogP contribution in [-0.4, -0.2) is 24.0 Å². The van der Waals surface area contributed by atoms with Crippen LogP contribution >= 0.6 is 11.8 Å². The van der Waals surface area contributed by atoms with Crippen LogP contribution in [0.3, 0.4) is 0 Å². The average Bonchev–Trinajstić information content (AvgIpc) is 2.37. The molecule has 58 valence electrons. The van der Waals surface area contributed by atoms with Gasteiger partial charge in [0.2, 0.25) is 6.41 Å². The normalized spacial score (nSPS) is 32.1. The fourth-order valence-corrected chi connectivity index (χ4v) is 2.20. The summed E-state index contributed by atoms with van der Waals surface area (Å²) in [7, 11) is 0. The van der Waals surface area contributed by atoms with Gasteiger partial charge in [-0.25, -0.2) is 0 Å². The molecule has 0 aliphatic heterocycles. The maximum absolute atomic E-state index is 10.0. The molecule has 1 aliphatic carbocycles. The van der Waals surface area contributed by atoms with E-state index in [0.29, 0.717) is 6.04 Å².